The quantitative estimate of drug-likeness (QED) is 0.882. The van der Waals surface area contributed by atoms with Crippen molar-refractivity contribution in [1.29, 1.82) is 0 Å². The van der Waals surface area contributed by atoms with E-state index in [4.69, 9.17) is 9.84 Å². The molecule has 0 amide bonds. The first-order valence-corrected chi connectivity index (χ1v) is 7.10. The average molecular weight is 282 g/mol. The highest BCUT2D eigenvalue weighted by molar-refractivity contribution is 5.67. The lowest BCUT2D eigenvalue weighted by atomic mass is 9.88. The van der Waals surface area contributed by atoms with Crippen LogP contribution >= 0.6 is 0 Å². The number of nitrogens with zero attached hydrogens (tertiary/aromatic N) is 4. The molecular formula is C13H22N4O3. The number of ether oxygens (including phenoxy) is 1. The minimum atomic E-state index is -0.838. The molecule has 7 heteroatoms. The molecule has 1 N–H and O–H groups in total. The molecule has 0 radical (unpaired) electrons. The van der Waals surface area contributed by atoms with E-state index in [-0.39, 0.29) is 30.6 Å². The van der Waals surface area contributed by atoms with Crippen LogP contribution in [0, 0.1) is 5.92 Å². The third-order valence-corrected chi connectivity index (χ3v) is 4.29. The van der Waals surface area contributed by atoms with Crippen LogP contribution in [0.4, 0.5) is 0 Å². The maximum Gasteiger partial charge on any atom is 0.305 e. The molecular weight excluding hydrogens is 260 g/mol. The first kappa shape index (κ1) is 14.9. The fourth-order valence-corrected chi connectivity index (χ4v) is 3.00. The maximum atomic E-state index is 11.0. The van der Waals surface area contributed by atoms with Gasteiger partial charge in [0.05, 0.1) is 30.6 Å². The molecule has 0 aliphatic carbocycles. The molecule has 1 aliphatic rings. The van der Waals surface area contributed by atoms with E-state index in [1.807, 2.05) is 20.8 Å². The summed E-state index contributed by atoms with van der Waals surface area (Å²) in [5.41, 5.74) is 0. The Bertz CT molecular complexity index is 476. The molecule has 5 unspecified atom stereocenters. The van der Waals surface area contributed by atoms with Crippen molar-refractivity contribution in [2.24, 2.45) is 5.92 Å². The van der Waals surface area contributed by atoms with E-state index >= 15 is 0 Å². The Morgan fingerprint density at radius 2 is 2.10 bits per heavy atom. The fourth-order valence-electron chi connectivity index (χ4n) is 3.00. The second-order valence-electron chi connectivity index (χ2n) is 5.57. The van der Waals surface area contributed by atoms with Gasteiger partial charge in [0, 0.05) is 0 Å². The van der Waals surface area contributed by atoms with Gasteiger partial charge in [-0.2, -0.15) is 0 Å². The van der Waals surface area contributed by atoms with Gasteiger partial charge < -0.3 is 9.84 Å². The lowest BCUT2D eigenvalue weighted by Gasteiger charge is -2.21. The van der Waals surface area contributed by atoms with Crippen LogP contribution in [0.1, 0.15) is 58.3 Å². The third-order valence-electron chi connectivity index (χ3n) is 4.29. The molecule has 1 aromatic heterocycles. The zero-order chi connectivity index (χ0) is 14.9. The van der Waals surface area contributed by atoms with Crippen LogP contribution in [-0.2, 0) is 9.53 Å². The number of carbonyl (C=O) groups is 1. The standard InChI is InChI=1S/C13H22N4O3/c1-5-10(6-11(18)19)17-13(14-15-16-17)12-7(2)8(3)20-9(12)4/h7-10,12H,5-6H2,1-4H3,(H,18,19). The van der Waals surface area contributed by atoms with E-state index in [1.165, 1.54) is 0 Å². The minimum Gasteiger partial charge on any atom is -0.481 e. The number of aliphatic carboxylic acids is 1. The number of hydrogen-bond donors (Lipinski definition) is 1. The summed E-state index contributed by atoms with van der Waals surface area (Å²) in [4.78, 5) is 11.0. The van der Waals surface area contributed by atoms with Crippen molar-refractivity contribution in [3.8, 4) is 0 Å². The molecule has 2 rings (SSSR count). The monoisotopic (exact) mass is 282 g/mol. The second kappa shape index (κ2) is 5.87. The number of hydrogen-bond acceptors (Lipinski definition) is 5. The van der Waals surface area contributed by atoms with Gasteiger partial charge in [0.15, 0.2) is 5.82 Å². The number of tetrazole rings is 1. The normalized spacial score (nSPS) is 31.4. The van der Waals surface area contributed by atoms with Gasteiger partial charge in [-0.3, -0.25) is 4.79 Å². The first-order valence-electron chi connectivity index (χ1n) is 7.10. The molecule has 20 heavy (non-hydrogen) atoms. The molecule has 1 saturated heterocycles. The van der Waals surface area contributed by atoms with Crippen molar-refractivity contribution in [2.75, 3.05) is 0 Å². The molecule has 0 saturated carbocycles. The molecule has 1 aromatic rings. The molecule has 0 bridgehead atoms. The molecule has 5 atom stereocenters. The summed E-state index contributed by atoms with van der Waals surface area (Å²) in [6.07, 6.45) is 0.892. The van der Waals surface area contributed by atoms with Crippen LogP contribution in [0.15, 0.2) is 0 Å². The maximum absolute atomic E-state index is 11.0. The highest BCUT2D eigenvalue weighted by atomic mass is 16.5. The van der Waals surface area contributed by atoms with Gasteiger partial charge in [-0.1, -0.05) is 13.8 Å². The van der Waals surface area contributed by atoms with Crippen LogP contribution in [0.2, 0.25) is 0 Å². The number of carboxylic acid groups (broad SMARTS) is 1. The van der Waals surface area contributed by atoms with Crippen molar-refractivity contribution >= 4 is 5.97 Å². The van der Waals surface area contributed by atoms with E-state index < -0.39 is 5.97 Å². The Balaban J connectivity index is 2.30. The number of rotatable bonds is 5. The van der Waals surface area contributed by atoms with Crippen LogP contribution in [0.25, 0.3) is 0 Å². The Morgan fingerprint density at radius 1 is 1.40 bits per heavy atom. The summed E-state index contributed by atoms with van der Waals surface area (Å²) in [7, 11) is 0. The van der Waals surface area contributed by atoms with Crippen LogP contribution in [0.3, 0.4) is 0 Å². The van der Waals surface area contributed by atoms with Crippen molar-refractivity contribution < 1.29 is 14.6 Å². The van der Waals surface area contributed by atoms with Gasteiger partial charge in [-0.25, -0.2) is 4.68 Å². The van der Waals surface area contributed by atoms with Crippen LogP contribution in [0.5, 0.6) is 0 Å². The molecule has 0 spiro atoms. The first-order chi connectivity index (χ1) is 9.45. The Morgan fingerprint density at radius 3 is 2.60 bits per heavy atom. The lowest BCUT2D eigenvalue weighted by Crippen LogP contribution is -2.24. The van der Waals surface area contributed by atoms with E-state index in [0.717, 1.165) is 5.82 Å². The van der Waals surface area contributed by atoms with Gasteiger partial charge >= 0.3 is 5.97 Å². The van der Waals surface area contributed by atoms with Crippen molar-refractivity contribution in [2.45, 2.75) is 64.7 Å². The highest BCUT2D eigenvalue weighted by Crippen LogP contribution is 2.39. The number of carboxylic acids is 1. The Hall–Kier alpha value is -1.50. The van der Waals surface area contributed by atoms with Gasteiger partial charge in [0.2, 0.25) is 0 Å². The van der Waals surface area contributed by atoms with Gasteiger partial charge in [-0.05, 0) is 36.6 Å². The zero-order valence-corrected chi connectivity index (χ0v) is 12.4. The predicted octanol–water partition coefficient (Wildman–Crippen LogP) is 1.63. The summed E-state index contributed by atoms with van der Waals surface area (Å²) < 4.78 is 7.51. The Kier molecular flexibility index (Phi) is 4.37. The van der Waals surface area contributed by atoms with Gasteiger partial charge in [-0.15, -0.1) is 5.10 Å². The highest BCUT2D eigenvalue weighted by Gasteiger charge is 2.41. The average Bonchev–Trinajstić information content (AvgIpc) is 2.92. The zero-order valence-electron chi connectivity index (χ0n) is 12.4. The summed E-state index contributed by atoms with van der Waals surface area (Å²) >= 11 is 0. The lowest BCUT2D eigenvalue weighted by molar-refractivity contribution is -0.138. The van der Waals surface area contributed by atoms with Crippen LogP contribution < -0.4 is 0 Å². The van der Waals surface area contributed by atoms with Crippen molar-refractivity contribution in [3.63, 3.8) is 0 Å². The summed E-state index contributed by atoms with van der Waals surface area (Å²) in [6.45, 7) is 8.13. The van der Waals surface area contributed by atoms with Gasteiger partial charge in [0.25, 0.3) is 0 Å². The van der Waals surface area contributed by atoms with E-state index in [2.05, 4.69) is 22.4 Å². The van der Waals surface area contributed by atoms with Gasteiger partial charge in [0.1, 0.15) is 0 Å². The molecule has 0 aromatic carbocycles. The smallest absolute Gasteiger partial charge is 0.305 e. The summed E-state index contributed by atoms with van der Waals surface area (Å²) in [6, 6.07) is -0.215. The van der Waals surface area contributed by atoms with Crippen LogP contribution in [-0.4, -0.2) is 43.5 Å². The van der Waals surface area contributed by atoms with E-state index in [9.17, 15) is 4.79 Å². The molecule has 7 nitrogen and oxygen atoms in total. The minimum absolute atomic E-state index is 0.0282. The third kappa shape index (κ3) is 2.67. The predicted molar refractivity (Wildman–Crippen MR) is 71.3 cm³/mol. The number of aromatic nitrogens is 4. The van der Waals surface area contributed by atoms with E-state index in [1.54, 1.807) is 4.68 Å². The topological polar surface area (TPSA) is 90.1 Å². The van der Waals surface area contributed by atoms with Crippen molar-refractivity contribution in [1.82, 2.24) is 20.2 Å². The molecule has 1 fully saturated rings. The fraction of sp³-hybridized carbons (Fsp3) is 0.846. The SMILES string of the molecule is CCC(CC(=O)O)n1nnnc1C1C(C)OC(C)C1C. The Labute approximate surface area is 118 Å². The molecule has 1 aliphatic heterocycles. The second-order valence-corrected chi connectivity index (χ2v) is 5.57. The van der Waals surface area contributed by atoms with E-state index in [0.29, 0.717) is 12.3 Å². The molecule has 112 valence electrons. The summed E-state index contributed by atoms with van der Waals surface area (Å²) in [5, 5.41) is 20.9. The largest absolute Gasteiger partial charge is 0.481 e. The summed E-state index contributed by atoms with van der Waals surface area (Å²) in [5.74, 6) is 0.304. The van der Waals surface area contributed by atoms with Crippen molar-refractivity contribution in [3.05, 3.63) is 5.82 Å². The molecule has 2 heterocycles.